The summed E-state index contributed by atoms with van der Waals surface area (Å²) in [6.07, 6.45) is 2.58. The Bertz CT molecular complexity index is 48.3. The summed E-state index contributed by atoms with van der Waals surface area (Å²) in [4.78, 5) is 0. The van der Waals surface area contributed by atoms with E-state index in [-0.39, 0.29) is 11.0 Å². The van der Waals surface area contributed by atoms with Crippen LogP contribution in [0.4, 0.5) is 0 Å². The van der Waals surface area contributed by atoms with Gasteiger partial charge in [0.15, 0.2) is 6.29 Å². The Morgan fingerprint density at radius 1 is 1.22 bits per heavy atom. The van der Waals surface area contributed by atoms with E-state index in [4.69, 9.17) is 10.2 Å². The van der Waals surface area contributed by atoms with Crippen molar-refractivity contribution in [2.75, 3.05) is 0 Å². The smallest absolute Gasteiger partial charge is 0.151 e. The van der Waals surface area contributed by atoms with Crippen molar-refractivity contribution >= 4 is 11.0 Å². The highest BCUT2D eigenvalue weighted by Gasteiger charge is 1.93. The zero-order valence-corrected chi connectivity index (χ0v) is 6.80. The maximum atomic E-state index is 8.33. The number of rotatable bonds is 4. The van der Waals surface area contributed by atoms with Gasteiger partial charge in [0.05, 0.1) is 0 Å². The molecule has 3 heteroatoms. The van der Waals surface area contributed by atoms with Crippen LogP contribution in [0.25, 0.3) is 0 Å². The second kappa shape index (κ2) is 8.14. The largest absolute Gasteiger partial charge is 0.368 e. The quantitative estimate of drug-likeness (QED) is 0.344. The molecule has 54 valence electrons. The Hall–Kier alpha value is 0.137. The molecule has 2 nitrogen and oxygen atoms in total. The fourth-order valence-corrected chi connectivity index (χ4v) is 0.577. The molecular weight excluding hydrogens is 132 g/mol. The van der Waals surface area contributed by atoms with E-state index in [2.05, 4.69) is 6.92 Å². The van der Waals surface area contributed by atoms with Gasteiger partial charge in [-0.15, -0.1) is 0 Å². The van der Waals surface area contributed by atoms with E-state index in [0.29, 0.717) is 6.42 Å². The van der Waals surface area contributed by atoms with Gasteiger partial charge in [0, 0.05) is 11.0 Å². The van der Waals surface area contributed by atoms with E-state index in [1.54, 1.807) is 0 Å². The molecule has 0 aromatic heterocycles. The lowest BCUT2D eigenvalue weighted by Gasteiger charge is -1.99. The molecule has 0 heterocycles. The second-order valence-electron chi connectivity index (χ2n) is 1.98. The third-order valence-electron chi connectivity index (χ3n) is 1.07. The monoisotopic (exact) mass is 146 g/mol. The Morgan fingerprint density at radius 3 is 2.11 bits per heavy atom. The molecule has 0 unspecified atom stereocenters. The first-order valence-corrected chi connectivity index (χ1v) is 3.13. The van der Waals surface area contributed by atoms with Gasteiger partial charge < -0.3 is 10.2 Å². The average molecular weight is 146 g/mol. The molecule has 0 spiro atoms. The van der Waals surface area contributed by atoms with Crippen molar-refractivity contribution in [3.8, 4) is 0 Å². The normalized spacial score (nSPS) is 9.33. The van der Waals surface area contributed by atoms with Crippen LogP contribution < -0.4 is 0 Å². The molecule has 9 heavy (non-hydrogen) atoms. The van der Waals surface area contributed by atoms with Gasteiger partial charge in [-0.1, -0.05) is 19.8 Å². The first-order chi connectivity index (χ1) is 3.77. The van der Waals surface area contributed by atoms with Gasteiger partial charge in [-0.05, 0) is 12.8 Å². The van der Waals surface area contributed by atoms with Gasteiger partial charge >= 0.3 is 0 Å². The summed E-state index contributed by atoms with van der Waals surface area (Å²) in [6.45, 7) is 2.09. The molecule has 0 saturated carbocycles. The summed E-state index contributed by atoms with van der Waals surface area (Å²) in [6, 6.07) is 0. The Morgan fingerprint density at radius 2 is 1.78 bits per heavy atom. The van der Waals surface area contributed by atoms with Crippen LogP contribution in [0.15, 0.2) is 0 Å². The Kier molecular flexibility index (Phi) is 10.7. The summed E-state index contributed by atoms with van der Waals surface area (Å²) >= 11 is 0. The average Bonchev–Trinajstić information content (AvgIpc) is 1.66. The summed E-state index contributed by atoms with van der Waals surface area (Å²) < 4.78 is 0. The standard InChI is InChI=1S/C6H14O2.Si/c1-2-3-4-5-6(7)8;/h6-8H,2-5H2,1H3;. The highest BCUT2D eigenvalue weighted by Crippen LogP contribution is 1.99. The maximum Gasteiger partial charge on any atom is 0.151 e. The minimum absolute atomic E-state index is 0. The molecule has 4 radical (unpaired) electrons. The van der Waals surface area contributed by atoms with Crippen LogP contribution >= 0.6 is 0 Å². The summed E-state index contributed by atoms with van der Waals surface area (Å²) in [5.41, 5.74) is 0. The topological polar surface area (TPSA) is 40.5 Å². The van der Waals surface area contributed by atoms with E-state index in [1.807, 2.05) is 0 Å². The van der Waals surface area contributed by atoms with Crippen LogP contribution in [0.5, 0.6) is 0 Å². The van der Waals surface area contributed by atoms with E-state index in [9.17, 15) is 0 Å². The molecule has 0 saturated heterocycles. The lowest BCUT2D eigenvalue weighted by molar-refractivity contribution is -0.0465. The second-order valence-corrected chi connectivity index (χ2v) is 1.98. The third-order valence-corrected chi connectivity index (χ3v) is 1.07. The van der Waals surface area contributed by atoms with Crippen LogP contribution in [-0.4, -0.2) is 27.5 Å². The predicted molar refractivity (Wildman–Crippen MR) is 38.1 cm³/mol. The van der Waals surface area contributed by atoms with Gasteiger partial charge in [-0.25, -0.2) is 0 Å². The van der Waals surface area contributed by atoms with Crippen LogP contribution in [0.3, 0.4) is 0 Å². The summed E-state index contributed by atoms with van der Waals surface area (Å²) in [5.74, 6) is 0. The minimum atomic E-state index is -1.10. The molecule has 0 aliphatic heterocycles. The van der Waals surface area contributed by atoms with Crippen LogP contribution in [0, 0.1) is 0 Å². The fraction of sp³-hybridized carbons (Fsp3) is 1.00. The van der Waals surface area contributed by atoms with Crippen molar-refractivity contribution in [3.05, 3.63) is 0 Å². The summed E-state index contributed by atoms with van der Waals surface area (Å²) in [7, 11) is 0. The third kappa shape index (κ3) is 11.6. The van der Waals surface area contributed by atoms with Crippen molar-refractivity contribution in [2.45, 2.75) is 38.9 Å². The van der Waals surface area contributed by atoms with Crippen LogP contribution in [0.2, 0.25) is 0 Å². The van der Waals surface area contributed by atoms with Crippen molar-refractivity contribution in [1.82, 2.24) is 0 Å². The summed E-state index contributed by atoms with van der Waals surface area (Å²) in [5, 5.41) is 16.7. The maximum absolute atomic E-state index is 8.33. The van der Waals surface area contributed by atoms with E-state index in [0.717, 1.165) is 19.3 Å². The zero-order chi connectivity index (χ0) is 6.41. The van der Waals surface area contributed by atoms with Gasteiger partial charge in [0.2, 0.25) is 0 Å². The molecule has 0 rings (SSSR count). The molecule has 2 N–H and O–H groups in total. The van der Waals surface area contributed by atoms with Gasteiger partial charge in [-0.3, -0.25) is 0 Å². The fourth-order valence-electron chi connectivity index (χ4n) is 0.577. The van der Waals surface area contributed by atoms with Crippen molar-refractivity contribution < 1.29 is 10.2 Å². The number of hydrogen-bond acceptors (Lipinski definition) is 2. The highest BCUT2D eigenvalue weighted by atomic mass is 28.1. The molecule has 0 aromatic rings. The van der Waals surface area contributed by atoms with Crippen LogP contribution in [0.1, 0.15) is 32.6 Å². The zero-order valence-electron chi connectivity index (χ0n) is 5.80. The molecule has 0 aromatic carbocycles. The molecular formula is C6H14O2Si. The Labute approximate surface area is 60.9 Å². The van der Waals surface area contributed by atoms with E-state index in [1.165, 1.54) is 0 Å². The SMILES string of the molecule is CCCCCC(O)O.[Si]. The van der Waals surface area contributed by atoms with Gasteiger partial charge in [0.25, 0.3) is 0 Å². The number of aliphatic hydroxyl groups is 2. The molecule has 0 atom stereocenters. The first kappa shape index (κ1) is 11.9. The van der Waals surface area contributed by atoms with Crippen molar-refractivity contribution in [2.24, 2.45) is 0 Å². The lowest BCUT2D eigenvalue weighted by atomic mass is 10.2. The molecule has 0 amide bonds. The first-order valence-electron chi connectivity index (χ1n) is 3.13. The number of hydrogen-bond donors (Lipinski definition) is 2. The lowest BCUT2D eigenvalue weighted by Crippen LogP contribution is -2.02. The van der Waals surface area contributed by atoms with Gasteiger partial charge in [-0.2, -0.15) is 0 Å². The number of aliphatic hydroxyl groups excluding tert-OH is 1. The highest BCUT2D eigenvalue weighted by molar-refractivity contribution is 5.75. The van der Waals surface area contributed by atoms with E-state index < -0.39 is 6.29 Å². The van der Waals surface area contributed by atoms with Gasteiger partial charge in [0.1, 0.15) is 0 Å². The van der Waals surface area contributed by atoms with Crippen molar-refractivity contribution in [1.29, 1.82) is 0 Å². The molecule has 0 bridgehead atoms. The van der Waals surface area contributed by atoms with Crippen LogP contribution in [-0.2, 0) is 0 Å². The van der Waals surface area contributed by atoms with Crippen molar-refractivity contribution in [3.63, 3.8) is 0 Å². The molecule has 0 aliphatic rings. The van der Waals surface area contributed by atoms with E-state index >= 15 is 0 Å². The molecule has 0 fully saturated rings. The minimum Gasteiger partial charge on any atom is -0.368 e. The number of unbranched alkanes of at least 4 members (excludes halogenated alkanes) is 2. The molecule has 0 aliphatic carbocycles. The Balaban J connectivity index is 0. The predicted octanol–water partition coefficient (Wildman–Crippen LogP) is 0.497.